The van der Waals surface area contributed by atoms with Crippen molar-refractivity contribution >= 4 is 23.3 Å². The van der Waals surface area contributed by atoms with Gasteiger partial charge in [-0.15, -0.1) is 0 Å². The minimum atomic E-state index is -0.713. The maximum atomic E-state index is 13.0. The molecule has 2 atom stereocenters. The molecular weight excluding hydrogens is 410 g/mol. The summed E-state index contributed by atoms with van der Waals surface area (Å²) in [7, 11) is 0. The van der Waals surface area contributed by atoms with E-state index < -0.39 is 18.0 Å². The van der Waals surface area contributed by atoms with Crippen molar-refractivity contribution in [2.24, 2.45) is 10.9 Å². The van der Waals surface area contributed by atoms with Gasteiger partial charge in [-0.05, 0) is 37.1 Å². The molecule has 0 bridgehead atoms. The second-order valence-corrected chi connectivity index (χ2v) is 7.67. The lowest BCUT2D eigenvalue weighted by atomic mass is 10.0. The molecule has 2 aromatic heterocycles. The summed E-state index contributed by atoms with van der Waals surface area (Å²) in [6.45, 7) is 5.50. The highest BCUT2D eigenvalue weighted by atomic mass is 16.5. The molecule has 0 fully saturated rings. The van der Waals surface area contributed by atoms with Gasteiger partial charge < -0.3 is 9.84 Å². The lowest BCUT2D eigenvalue weighted by Gasteiger charge is -2.31. The van der Waals surface area contributed by atoms with Crippen LogP contribution in [0.25, 0.3) is 11.4 Å². The van der Waals surface area contributed by atoms with Crippen LogP contribution in [-0.2, 0) is 9.59 Å². The highest BCUT2D eigenvalue weighted by molar-refractivity contribution is 6.39. The Morgan fingerprint density at radius 3 is 2.66 bits per heavy atom. The molecule has 0 radical (unpaired) electrons. The molecule has 0 saturated heterocycles. The number of carbonyl (C=O) groups is 2. The second-order valence-electron chi connectivity index (χ2n) is 7.67. The maximum Gasteiger partial charge on any atom is 0.288 e. The Bertz CT molecular complexity index is 1130. The number of rotatable bonds is 6. The van der Waals surface area contributed by atoms with Crippen molar-refractivity contribution in [2.45, 2.75) is 32.9 Å². The average Bonchev–Trinajstić information content (AvgIpc) is 3.30. The van der Waals surface area contributed by atoms with E-state index in [2.05, 4.69) is 30.9 Å². The highest BCUT2D eigenvalue weighted by Crippen LogP contribution is 2.23. The molecule has 1 aliphatic rings. The Morgan fingerprint density at radius 1 is 1.19 bits per heavy atom. The molecule has 3 aromatic rings. The number of hydrogen-bond donors (Lipinski definition) is 2. The van der Waals surface area contributed by atoms with Crippen molar-refractivity contribution in [3.8, 4) is 11.4 Å². The van der Waals surface area contributed by atoms with Gasteiger partial charge in [-0.25, -0.2) is 10.0 Å². The summed E-state index contributed by atoms with van der Waals surface area (Å²) in [5, 5.41) is 8.22. The van der Waals surface area contributed by atoms with Gasteiger partial charge in [0.05, 0.1) is 5.69 Å². The molecule has 164 valence electrons. The number of anilines is 1. The number of amides is 2. The molecule has 0 saturated carbocycles. The molecule has 1 aromatic carbocycles. The van der Waals surface area contributed by atoms with Gasteiger partial charge in [-0.1, -0.05) is 37.2 Å². The van der Waals surface area contributed by atoms with Crippen LogP contribution < -0.4 is 15.8 Å². The fraction of sp³-hybridized carbons (Fsp3) is 0.273. The van der Waals surface area contributed by atoms with E-state index in [1.54, 1.807) is 37.5 Å². The summed E-state index contributed by atoms with van der Waals surface area (Å²) in [6, 6.07) is 11.3. The fourth-order valence-electron chi connectivity index (χ4n) is 3.20. The summed E-state index contributed by atoms with van der Waals surface area (Å²) < 4.78 is 5.43. The molecule has 3 heterocycles. The van der Waals surface area contributed by atoms with E-state index in [0.717, 1.165) is 0 Å². The zero-order valence-corrected chi connectivity index (χ0v) is 17.9. The van der Waals surface area contributed by atoms with Gasteiger partial charge in [0.1, 0.15) is 12.1 Å². The van der Waals surface area contributed by atoms with Crippen LogP contribution >= 0.6 is 0 Å². The van der Waals surface area contributed by atoms with Crippen LogP contribution in [0.1, 0.15) is 32.7 Å². The topological polar surface area (TPSA) is 126 Å². The van der Waals surface area contributed by atoms with E-state index in [1.807, 2.05) is 38.1 Å². The van der Waals surface area contributed by atoms with Crippen molar-refractivity contribution in [1.29, 1.82) is 0 Å². The van der Waals surface area contributed by atoms with Crippen molar-refractivity contribution in [3.05, 3.63) is 60.7 Å². The SMILES string of the molecule is CC1N=C(C(=O)NC(c2nc(-c3cccnc3)no2)C(C)C)NN(c2ccccc2)C1=O. The number of nitrogens with zero attached hydrogens (tertiary/aromatic N) is 5. The van der Waals surface area contributed by atoms with E-state index in [0.29, 0.717) is 17.1 Å². The number of para-hydroxylation sites is 1. The molecule has 10 nitrogen and oxygen atoms in total. The molecule has 2 amide bonds. The van der Waals surface area contributed by atoms with E-state index in [4.69, 9.17) is 4.52 Å². The second kappa shape index (κ2) is 8.96. The van der Waals surface area contributed by atoms with Crippen LogP contribution in [0.3, 0.4) is 0 Å². The predicted octanol–water partition coefficient (Wildman–Crippen LogP) is 2.28. The van der Waals surface area contributed by atoms with E-state index in [9.17, 15) is 9.59 Å². The normalized spacial score (nSPS) is 17.0. The Morgan fingerprint density at radius 2 is 1.97 bits per heavy atom. The lowest BCUT2D eigenvalue weighted by molar-refractivity contribution is -0.120. The van der Waals surface area contributed by atoms with Crippen LogP contribution in [0.4, 0.5) is 5.69 Å². The monoisotopic (exact) mass is 433 g/mol. The lowest BCUT2D eigenvalue weighted by Crippen LogP contribution is -2.58. The van der Waals surface area contributed by atoms with Crippen molar-refractivity contribution in [1.82, 2.24) is 25.9 Å². The molecule has 32 heavy (non-hydrogen) atoms. The smallest absolute Gasteiger partial charge is 0.288 e. The summed E-state index contributed by atoms with van der Waals surface area (Å²) in [6.07, 6.45) is 3.29. The molecule has 10 heteroatoms. The van der Waals surface area contributed by atoms with Crippen LogP contribution in [0.2, 0.25) is 0 Å². The number of nitrogens with one attached hydrogen (secondary N) is 2. The maximum absolute atomic E-state index is 13.0. The average molecular weight is 433 g/mol. The first-order chi connectivity index (χ1) is 15.4. The Labute approximate surface area is 184 Å². The third-order valence-electron chi connectivity index (χ3n) is 4.93. The quantitative estimate of drug-likeness (QED) is 0.611. The third-order valence-corrected chi connectivity index (χ3v) is 4.93. The first-order valence-electron chi connectivity index (χ1n) is 10.2. The first-order valence-corrected chi connectivity index (χ1v) is 10.2. The first kappa shape index (κ1) is 21.2. The number of hydrogen-bond acceptors (Lipinski definition) is 8. The molecular formula is C22H23N7O3. The molecule has 0 aliphatic carbocycles. The molecule has 0 spiro atoms. The van der Waals surface area contributed by atoms with Crippen LogP contribution in [0.15, 0.2) is 64.4 Å². The molecule has 4 rings (SSSR count). The number of hydrazine groups is 1. The highest BCUT2D eigenvalue weighted by Gasteiger charge is 2.33. The Hall–Kier alpha value is -4.08. The summed E-state index contributed by atoms with van der Waals surface area (Å²) in [5.41, 5.74) is 4.15. The molecule has 2 N–H and O–H groups in total. The Kier molecular flexibility index (Phi) is 5.93. The van der Waals surface area contributed by atoms with E-state index >= 15 is 0 Å². The van der Waals surface area contributed by atoms with Crippen molar-refractivity contribution in [3.63, 3.8) is 0 Å². The standard InChI is InChI=1S/C22H23N7O3/c1-13(2)17(21-26-18(28-32-21)15-8-7-11-23-12-15)25-20(30)19-24-14(3)22(31)29(27-19)16-9-5-4-6-10-16/h4-14,17H,1-3H3,(H,24,27)(H,25,30). The molecule has 2 unspecified atom stereocenters. The summed E-state index contributed by atoms with van der Waals surface area (Å²) in [5.74, 6) is -0.104. The predicted molar refractivity (Wildman–Crippen MR) is 117 cm³/mol. The number of pyridine rings is 1. The van der Waals surface area contributed by atoms with Gasteiger partial charge in [0.2, 0.25) is 17.6 Å². The summed E-state index contributed by atoms with van der Waals surface area (Å²) >= 11 is 0. The van der Waals surface area contributed by atoms with Gasteiger partial charge in [0, 0.05) is 18.0 Å². The number of aromatic nitrogens is 3. The number of aliphatic imine (C=N–C) groups is 1. The number of benzene rings is 1. The van der Waals surface area contributed by atoms with E-state index in [1.165, 1.54) is 5.01 Å². The van der Waals surface area contributed by atoms with Gasteiger partial charge in [-0.2, -0.15) is 4.98 Å². The molecule has 1 aliphatic heterocycles. The minimum absolute atomic E-state index is 0.0265. The van der Waals surface area contributed by atoms with Gasteiger partial charge in [0.25, 0.3) is 11.8 Å². The van der Waals surface area contributed by atoms with Crippen molar-refractivity contribution in [2.75, 3.05) is 5.01 Å². The Balaban J connectivity index is 1.54. The van der Waals surface area contributed by atoms with Crippen LogP contribution in [0, 0.1) is 5.92 Å². The number of amidine groups is 1. The largest absolute Gasteiger partial charge is 0.337 e. The number of carbonyl (C=O) groups excluding carboxylic acids is 2. The van der Waals surface area contributed by atoms with Crippen LogP contribution in [0.5, 0.6) is 0 Å². The summed E-state index contributed by atoms with van der Waals surface area (Å²) in [4.78, 5) is 38.3. The van der Waals surface area contributed by atoms with Crippen LogP contribution in [-0.4, -0.2) is 38.8 Å². The fourth-order valence-corrected chi connectivity index (χ4v) is 3.20. The van der Waals surface area contributed by atoms with Gasteiger partial charge >= 0.3 is 0 Å². The van der Waals surface area contributed by atoms with Gasteiger partial charge in [0.15, 0.2) is 0 Å². The van der Waals surface area contributed by atoms with Gasteiger partial charge in [-0.3, -0.25) is 20.0 Å². The third kappa shape index (κ3) is 4.34. The zero-order chi connectivity index (χ0) is 22.7. The zero-order valence-electron chi connectivity index (χ0n) is 17.9. The minimum Gasteiger partial charge on any atom is -0.337 e. The van der Waals surface area contributed by atoms with Crippen molar-refractivity contribution < 1.29 is 14.1 Å². The van der Waals surface area contributed by atoms with E-state index in [-0.39, 0.29) is 23.6 Å².